The predicted octanol–water partition coefficient (Wildman–Crippen LogP) is 2.37. The van der Waals surface area contributed by atoms with Crippen molar-refractivity contribution in [2.24, 2.45) is 5.92 Å². The second kappa shape index (κ2) is 6.63. The van der Waals surface area contributed by atoms with E-state index in [0.717, 1.165) is 24.2 Å². The minimum Gasteiger partial charge on any atom is -0.373 e. The average Bonchev–Trinajstić information content (AvgIpc) is 3.28. The molecule has 2 aliphatic rings. The van der Waals surface area contributed by atoms with Gasteiger partial charge in [-0.05, 0) is 43.0 Å². The Bertz CT molecular complexity index is 650. The first-order valence-electron chi connectivity index (χ1n) is 8.46. The van der Waals surface area contributed by atoms with Gasteiger partial charge in [-0.3, -0.25) is 19.3 Å². The van der Waals surface area contributed by atoms with Gasteiger partial charge in [0.05, 0.1) is 6.42 Å². The van der Waals surface area contributed by atoms with Crippen LogP contribution < -0.4 is 10.6 Å². The molecule has 1 heterocycles. The van der Waals surface area contributed by atoms with E-state index in [1.165, 1.54) is 4.90 Å². The van der Waals surface area contributed by atoms with Crippen molar-refractivity contribution in [1.82, 2.24) is 4.90 Å². The van der Waals surface area contributed by atoms with Crippen molar-refractivity contribution >= 4 is 29.1 Å². The van der Waals surface area contributed by atoms with Crippen LogP contribution in [0, 0.1) is 5.92 Å². The number of anilines is 2. The fourth-order valence-corrected chi connectivity index (χ4v) is 2.91. The summed E-state index contributed by atoms with van der Waals surface area (Å²) in [5.41, 5.74) is 1.49. The number of amides is 3. The van der Waals surface area contributed by atoms with E-state index in [-0.39, 0.29) is 30.2 Å². The van der Waals surface area contributed by atoms with Crippen LogP contribution in [0.15, 0.2) is 24.3 Å². The summed E-state index contributed by atoms with van der Waals surface area (Å²) >= 11 is 0. The van der Waals surface area contributed by atoms with Crippen molar-refractivity contribution in [3.63, 3.8) is 0 Å². The molecule has 1 aromatic rings. The summed E-state index contributed by atoms with van der Waals surface area (Å²) in [6, 6.07) is 6.83. The maximum Gasteiger partial charge on any atom is 0.252 e. The minimum atomic E-state index is -0.487. The Kier molecular flexibility index (Phi) is 4.55. The van der Waals surface area contributed by atoms with E-state index in [2.05, 4.69) is 10.6 Å². The molecule has 6 heteroatoms. The van der Waals surface area contributed by atoms with Crippen LogP contribution in [0.5, 0.6) is 0 Å². The van der Waals surface area contributed by atoms with Crippen molar-refractivity contribution in [3.05, 3.63) is 24.3 Å². The molecule has 3 amide bonds. The Hall–Kier alpha value is -2.37. The SMILES string of the molecule is CC(C)CC(=O)Nc1ccc(N[C@@H]2CC(=O)N(C3CC3)C2=O)cc1. The maximum atomic E-state index is 12.3. The molecule has 128 valence electrons. The van der Waals surface area contributed by atoms with Crippen LogP contribution in [0.25, 0.3) is 0 Å². The number of nitrogens with zero attached hydrogens (tertiary/aromatic N) is 1. The van der Waals surface area contributed by atoms with E-state index in [1.54, 1.807) is 12.1 Å². The maximum absolute atomic E-state index is 12.3. The lowest BCUT2D eigenvalue weighted by Gasteiger charge is -2.15. The van der Waals surface area contributed by atoms with Gasteiger partial charge in [-0.25, -0.2) is 0 Å². The van der Waals surface area contributed by atoms with Crippen LogP contribution >= 0.6 is 0 Å². The van der Waals surface area contributed by atoms with Crippen LogP contribution in [-0.2, 0) is 14.4 Å². The minimum absolute atomic E-state index is 0.0117. The topological polar surface area (TPSA) is 78.5 Å². The smallest absolute Gasteiger partial charge is 0.252 e. The van der Waals surface area contributed by atoms with Gasteiger partial charge < -0.3 is 10.6 Å². The Morgan fingerprint density at radius 2 is 1.79 bits per heavy atom. The summed E-state index contributed by atoms with van der Waals surface area (Å²) in [6.07, 6.45) is 2.54. The van der Waals surface area contributed by atoms with Crippen LogP contribution in [0.1, 0.15) is 39.5 Å². The molecule has 0 spiro atoms. The van der Waals surface area contributed by atoms with Crippen molar-refractivity contribution < 1.29 is 14.4 Å². The standard InChI is InChI=1S/C18H23N3O3/c1-11(2)9-16(22)20-13-5-3-12(4-6-13)19-15-10-17(23)21(18(15)24)14-7-8-14/h3-6,11,14-15,19H,7-10H2,1-2H3,(H,20,22)/t15-/m1/s1. The summed E-state index contributed by atoms with van der Waals surface area (Å²) < 4.78 is 0. The van der Waals surface area contributed by atoms with Crippen LogP contribution in [0.3, 0.4) is 0 Å². The van der Waals surface area contributed by atoms with E-state index in [4.69, 9.17) is 0 Å². The van der Waals surface area contributed by atoms with Gasteiger partial charge in [-0.2, -0.15) is 0 Å². The molecular formula is C18H23N3O3. The highest BCUT2D eigenvalue weighted by Gasteiger charge is 2.46. The summed E-state index contributed by atoms with van der Waals surface area (Å²) in [6.45, 7) is 3.99. The third-order valence-corrected chi connectivity index (χ3v) is 4.20. The lowest BCUT2D eigenvalue weighted by atomic mass is 10.1. The highest BCUT2D eigenvalue weighted by molar-refractivity contribution is 6.07. The molecule has 0 radical (unpaired) electrons. The lowest BCUT2D eigenvalue weighted by molar-refractivity contribution is -0.139. The molecule has 1 saturated heterocycles. The highest BCUT2D eigenvalue weighted by atomic mass is 16.2. The Morgan fingerprint density at radius 1 is 1.17 bits per heavy atom. The van der Waals surface area contributed by atoms with Gasteiger partial charge in [-0.15, -0.1) is 0 Å². The molecule has 1 aromatic carbocycles. The third-order valence-electron chi connectivity index (χ3n) is 4.20. The average molecular weight is 329 g/mol. The normalized spacial score (nSPS) is 20.6. The zero-order chi connectivity index (χ0) is 17.3. The molecule has 6 nitrogen and oxygen atoms in total. The van der Waals surface area contributed by atoms with Gasteiger partial charge in [0.25, 0.3) is 5.91 Å². The number of nitrogens with one attached hydrogen (secondary N) is 2. The van der Waals surface area contributed by atoms with Gasteiger partial charge in [0.1, 0.15) is 6.04 Å². The lowest BCUT2D eigenvalue weighted by Crippen LogP contribution is -2.36. The van der Waals surface area contributed by atoms with Crippen molar-refractivity contribution in [3.8, 4) is 0 Å². The Balaban J connectivity index is 1.57. The predicted molar refractivity (Wildman–Crippen MR) is 91.4 cm³/mol. The molecule has 3 rings (SSSR count). The molecule has 1 aliphatic heterocycles. The molecule has 1 atom stereocenters. The molecule has 2 fully saturated rings. The Morgan fingerprint density at radius 3 is 2.38 bits per heavy atom. The second-order valence-electron chi connectivity index (χ2n) is 6.96. The summed E-state index contributed by atoms with van der Waals surface area (Å²) in [4.78, 5) is 37.4. The number of carbonyl (C=O) groups is 3. The number of carbonyl (C=O) groups excluding carboxylic acids is 3. The quantitative estimate of drug-likeness (QED) is 0.786. The fourth-order valence-electron chi connectivity index (χ4n) is 2.91. The zero-order valence-electron chi connectivity index (χ0n) is 14.0. The largest absolute Gasteiger partial charge is 0.373 e. The third kappa shape index (κ3) is 3.75. The molecule has 0 unspecified atom stereocenters. The van der Waals surface area contributed by atoms with E-state index < -0.39 is 6.04 Å². The van der Waals surface area contributed by atoms with Crippen LogP contribution in [0.4, 0.5) is 11.4 Å². The fraction of sp³-hybridized carbons (Fsp3) is 0.500. The number of rotatable bonds is 6. The number of likely N-dealkylation sites (tertiary alicyclic amines) is 1. The van der Waals surface area contributed by atoms with Gasteiger partial charge >= 0.3 is 0 Å². The molecular weight excluding hydrogens is 306 g/mol. The monoisotopic (exact) mass is 329 g/mol. The first kappa shape index (κ1) is 16.5. The number of hydrogen-bond acceptors (Lipinski definition) is 4. The van der Waals surface area contributed by atoms with Crippen molar-refractivity contribution in [2.45, 2.75) is 51.6 Å². The zero-order valence-corrected chi connectivity index (χ0v) is 14.0. The number of benzene rings is 1. The van der Waals surface area contributed by atoms with Gasteiger partial charge in [0.2, 0.25) is 11.8 Å². The highest BCUT2D eigenvalue weighted by Crippen LogP contribution is 2.32. The van der Waals surface area contributed by atoms with E-state index in [0.29, 0.717) is 12.3 Å². The molecule has 2 N–H and O–H groups in total. The molecule has 24 heavy (non-hydrogen) atoms. The van der Waals surface area contributed by atoms with Crippen molar-refractivity contribution in [2.75, 3.05) is 10.6 Å². The van der Waals surface area contributed by atoms with Gasteiger partial charge in [-0.1, -0.05) is 13.8 Å². The van der Waals surface area contributed by atoms with E-state index >= 15 is 0 Å². The van der Waals surface area contributed by atoms with Gasteiger partial charge in [0, 0.05) is 23.8 Å². The van der Waals surface area contributed by atoms with Gasteiger partial charge in [0.15, 0.2) is 0 Å². The van der Waals surface area contributed by atoms with Crippen LogP contribution in [0.2, 0.25) is 0 Å². The molecule has 1 aliphatic carbocycles. The molecule has 0 aromatic heterocycles. The second-order valence-corrected chi connectivity index (χ2v) is 6.96. The van der Waals surface area contributed by atoms with E-state index in [9.17, 15) is 14.4 Å². The summed E-state index contributed by atoms with van der Waals surface area (Å²) in [5, 5.41) is 5.97. The van der Waals surface area contributed by atoms with E-state index in [1.807, 2.05) is 26.0 Å². The summed E-state index contributed by atoms with van der Waals surface area (Å²) in [7, 11) is 0. The van der Waals surface area contributed by atoms with Crippen LogP contribution in [-0.4, -0.2) is 34.7 Å². The number of hydrogen-bond donors (Lipinski definition) is 2. The molecule has 1 saturated carbocycles. The molecule has 0 bridgehead atoms. The first-order chi connectivity index (χ1) is 11.4. The Labute approximate surface area is 141 Å². The first-order valence-corrected chi connectivity index (χ1v) is 8.46. The number of imide groups is 1. The van der Waals surface area contributed by atoms with Crippen molar-refractivity contribution in [1.29, 1.82) is 0 Å². The summed E-state index contributed by atoms with van der Waals surface area (Å²) in [5.74, 6) is 0.0861.